The molecular formula is C25H34N4O2. The second kappa shape index (κ2) is 9.25. The van der Waals surface area contributed by atoms with E-state index >= 15 is 0 Å². The summed E-state index contributed by atoms with van der Waals surface area (Å²) in [7, 11) is 0. The van der Waals surface area contributed by atoms with Crippen molar-refractivity contribution in [1.29, 1.82) is 0 Å². The predicted octanol–water partition coefficient (Wildman–Crippen LogP) is 3.56. The molecule has 1 saturated carbocycles. The van der Waals surface area contributed by atoms with E-state index in [-0.39, 0.29) is 11.9 Å². The third-order valence-corrected chi connectivity index (χ3v) is 7.51. The van der Waals surface area contributed by atoms with Gasteiger partial charge < -0.3 is 15.1 Å². The number of urea groups is 1. The van der Waals surface area contributed by atoms with Crippen molar-refractivity contribution in [2.75, 3.05) is 32.7 Å². The minimum absolute atomic E-state index is 0.0497. The van der Waals surface area contributed by atoms with Crippen molar-refractivity contribution in [2.45, 2.75) is 45.4 Å². The van der Waals surface area contributed by atoms with Crippen molar-refractivity contribution in [2.24, 2.45) is 11.3 Å². The Kier molecular flexibility index (Phi) is 6.44. The van der Waals surface area contributed by atoms with Crippen LogP contribution in [0.5, 0.6) is 0 Å². The van der Waals surface area contributed by atoms with E-state index in [9.17, 15) is 9.59 Å². The summed E-state index contributed by atoms with van der Waals surface area (Å²) in [5.74, 6) is 0.900. The molecule has 1 N–H and O–H groups in total. The number of piperidine rings is 1. The highest BCUT2D eigenvalue weighted by Crippen LogP contribution is 2.60. The van der Waals surface area contributed by atoms with E-state index in [1.807, 2.05) is 28.0 Å². The zero-order valence-corrected chi connectivity index (χ0v) is 18.6. The molecule has 6 heteroatoms. The first-order chi connectivity index (χ1) is 15.0. The van der Waals surface area contributed by atoms with Crippen LogP contribution in [0.3, 0.4) is 0 Å². The lowest BCUT2D eigenvalue weighted by molar-refractivity contribution is -0.132. The third kappa shape index (κ3) is 5.00. The summed E-state index contributed by atoms with van der Waals surface area (Å²) < 4.78 is 0. The molecule has 1 saturated heterocycles. The lowest BCUT2D eigenvalue weighted by Crippen LogP contribution is -2.43. The molecule has 1 spiro atoms. The molecule has 0 radical (unpaired) electrons. The summed E-state index contributed by atoms with van der Waals surface area (Å²) in [5.41, 5.74) is 3.94. The van der Waals surface area contributed by atoms with Crippen LogP contribution in [-0.2, 0) is 11.2 Å². The molecule has 1 aliphatic carbocycles. The summed E-state index contributed by atoms with van der Waals surface area (Å²) in [4.78, 5) is 33.0. The zero-order chi connectivity index (χ0) is 21.8. The van der Waals surface area contributed by atoms with Gasteiger partial charge in [-0.05, 0) is 73.6 Å². The molecule has 3 aliphatic rings. The van der Waals surface area contributed by atoms with Gasteiger partial charge in [0.1, 0.15) is 0 Å². The van der Waals surface area contributed by atoms with Gasteiger partial charge in [0.2, 0.25) is 5.91 Å². The Morgan fingerprint density at radius 3 is 2.65 bits per heavy atom. The standard InChI is InChI=1S/C25H34N4O2/c1-3-21-7-13-29(18-19(21)2)24(31)27-12-6-22-17-25(22)8-14-28(15-9-25)23(30)16-20-4-10-26-11-5-20/h3-5,10-11,22H,1,6-9,12-18H2,2H3,(H,27,31). The molecule has 2 fully saturated rings. The third-order valence-electron chi connectivity index (χ3n) is 7.51. The molecule has 2 aliphatic heterocycles. The molecule has 166 valence electrons. The number of amides is 3. The van der Waals surface area contributed by atoms with Crippen LogP contribution in [0.25, 0.3) is 0 Å². The molecule has 3 heterocycles. The van der Waals surface area contributed by atoms with E-state index in [0.717, 1.165) is 57.4 Å². The van der Waals surface area contributed by atoms with Crippen molar-refractivity contribution in [3.05, 3.63) is 53.9 Å². The Morgan fingerprint density at radius 2 is 1.97 bits per heavy atom. The predicted molar refractivity (Wildman–Crippen MR) is 121 cm³/mol. The van der Waals surface area contributed by atoms with Crippen molar-refractivity contribution in [3.63, 3.8) is 0 Å². The van der Waals surface area contributed by atoms with Crippen molar-refractivity contribution in [1.82, 2.24) is 20.1 Å². The molecule has 31 heavy (non-hydrogen) atoms. The zero-order valence-electron chi connectivity index (χ0n) is 18.6. The van der Waals surface area contributed by atoms with Crippen LogP contribution < -0.4 is 5.32 Å². The van der Waals surface area contributed by atoms with E-state index in [1.165, 1.54) is 17.6 Å². The Labute approximate surface area is 185 Å². The van der Waals surface area contributed by atoms with Crippen LogP contribution in [0.4, 0.5) is 4.79 Å². The molecule has 6 nitrogen and oxygen atoms in total. The van der Waals surface area contributed by atoms with Crippen molar-refractivity contribution < 1.29 is 9.59 Å². The van der Waals surface area contributed by atoms with Crippen LogP contribution >= 0.6 is 0 Å². The van der Waals surface area contributed by atoms with E-state index in [2.05, 4.69) is 23.8 Å². The summed E-state index contributed by atoms with van der Waals surface area (Å²) in [5, 5.41) is 3.12. The average molecular weight is 423 g/mol. The fraction of sp³-hybridized carbons (Fsp3) is 0.560. The molecule has 1 aromatic rings. The van der Waals surface area contributed by atoms with E-state index < -0.39 is 0 Å². The molecule has 4 rings (SSSR count). The Bertz CT molecular complexity index is 856. The number of likely N-dealkylation sites (tertiary alicyclic amines) is 1. The number of aromatic nitrogens is 1. The fourth-order valence-corrected chi connectivity index (χ4v) is 5.29. The van der Waals surface area contributed by atoms with Crippen LogP contribution in [0.15, 0.2) is 48.3 Å². The Balaban J connectivity index is 1.16. The van der Waals surface area contributed by atoms with Gasteiger partial charge in [-0.25, -0.2) is 4.79 Å². The molecule has 1 unspecified atom stereocenters. The minimum Gasteiger partial charge on any atom is -0.342 e. The van der Waals surface area contributed by atoms with E-state index in [1.54, 1.807) is 12.4 Å². The highest BCUT2D eigenvalue weighted by Gasteiger charge is 2.54. The molecule has 0 bridgehead atoms. The first kappa shape index (κ1) is 21.6. The quantitative estimate of drug-likeness (QED) is 0.762. The fourth-order valence-electron chi connectivity index (χ4n) is 5.29. The monoisotopic (exact) mass is 422 g/mol. The molecule has 3 amide bonds. The van der Waals surface area contributed by atoms with Gasteiger partial charge in [0.15, 0.2) is 0 Å². The van der Waals surface area contributed by atoms with Gasteiger partial charge in [0.05, 0.1) is 6.42 Å². The van der Waals surface area contributed by atoms with Crippen LogP contribution in [0.1, 0.15) is 44.6 Å². The number of carbonyl (C=O) groups excluding carboxylic acids is 2. The van der Waals surface area contributed by atoms with Crippen LogP contribution in [0.2, 0.25) is 0 Å². The topological polar surface area (TPSA) is 65.5 Å². The van der Waals surface area contributed by atoms with Gasteiger partial charge in [0.25, 0.3) is 0 Å². The number of nitrogens with zero attached hydrogens (tertiary/aromatic N) is 3. The molecule has 1 aromatic heterocycles. The first-order valence-electron chi connectivity index (χ1n) is 11.5. The SMILES string of the molecule is C=CC1=C(C)CN(C(=O)NCCC2CC23CCN(C(=O)Cc2ccncc2)CC3)CC1. The highest BCUT2D eigenvalue weighted by molar-refractivity contribution is 5.78. The lowest BCUT2D eigenvalue weighted by atomic mass is 9.89. The van der Waals surface area contributed by atoms with E-state index in [4.69, 9.17) is 0 Å². The maximum Gasteiger partial charge on any atom is 0.317 e. The summed E-state index contributed by atoms with van der Waals surface area (Å²) in [6.45, 7) is 9.86. The Morgan fingerprint density at radius 1 is 1.23 bits per heavy atom. The lowest BCUT2D eigenvalue weighted by Gasteiger charge is -2.33. The number of nitrogens with one attached hydrogen (secondary N) is 1. The first-order valence-corrected chi connectivity index (χ1v) is 11.5. The van der Waals surface area contributed by atoms with Gasteiger partial charge in [-0.15, -0.1) is 0 Å². The molecule has 0 aromatic carbocycles. The van der Waals surface area contributed by atoms with Crippen LogP contribution in [0, 0.1) is 11.3 Å². The summed E-state index contributed by atoms with van der Waals surface area (Å²) >= 11 is 0. The summed E-state index contributed by atoms with van der Waals surface area (Å²) in [6, 6.07) is 3.87. The average Bonchev–Trinajstić information content (AvgIpc) is 3.45. The van der Waals surface area contributed by atoms with Gasteiger partial charge in [0, 0.05) is 45.1 Å². The smallest absolute Gasteiger partial charge is 0.317 e. The number of allylic oxidation sites excluding steroid dienone is 1. The van der Waals surface area contributed by atoms with Crippen LogP contribution in [-0.4, -0.2) is 59.4 Å². The van der Waals surface area contributed by atoms with Gasteiger partial charge in [-0.2, -0.15) is 0 Å². The number of pyridine rings is 1. The number of rotatable bonds is 6. The number of carbonyl (C=O) groups is 2. The summed E-state index contributed by atoms with van der Waals surface area (Å²) in [6.07, 6.45) is 11.2. The van der Waals surface area contributed by atoms with E-state index in [0.29, 0.717) is 24.3 Å². The Hall–Kier alpha value is -2.63. The largest absolute Gasteiger partial charge is 0.342 e. The second-order valence-electron chi connectivity index (χ2n) is 9.38. The second-order valence-corrected chi connectivity index (χ2v) is 9.38. The highest BCUT2D eigenvalue weighted by atomic mass is 16.2. The normalized spacial score (nSPS) is 22.4. The van der Waals surface area contributed by atoms with Gasteiger partial charge >= 0.3 is 6.03 Å². The number of hydrogen-bond donors (Lipinski definition) is 1. The van der Waals surface area contributed by atoms with Crippen molar-refractivity contribution in [3.8, 4) is 0 Å². The minimum atomic E-state index is 0.0497. The maximum absolute atomic E-state index is 12.6. The van der Waals surface area contributed by atoms with Gasteiger partial charge in [-0.1, -0.05) is 18.2 Å². The van der Waals surface area contributed by atoms with Gasteiger partial charge in [-0.3, -0.25) is 9.78 Å². The maximum atomic E-state index is 12.6. The van der Waals surface area contributed by atoms with Crippen molar-refractivity contribution >= 4 is 11.9 Å². The number of hydrogen-bond acceptors (Lipinski definition) is 3. The molecule has 1 atom stereocenters. The molecular weight excluding hydrogens is 388 g/mol.